The van der Waals surface area contributed by atoms with Crippen LogP contribution in [0.1, 0.15) is 5.56 Å². The van der Waals surface area contributed by atoms with E-state index in [9.17, 15) is 48.3 Å². The summed E-state index contributed by atoms with van der Waals surface area (Å²) in [5.74, 6) is -25.9. The summed E-state index contributed by atoms with van der Waals surface area (Å²) < 4.78 is 149. The van der Waals surface area contributed by atoms with E-state index in [0.717, 1.165) is 0 Å². The van der Waals surface area contributed by atoms with Crippen molar-refractivity contribution in [1.82, 2.24) is 0 Å². The molecule has 2 rings (SSSR count). The highest BCUT2D eigenvalue weighted by Crippen LogP contribution is 2.42. The number of rotatable bonds is 2. The van der Waals surface area contributed by atoms with Crippen LogP contribution in [0, 0.1) is 46.5 Å². The van der Waals surface area contributed by atoms with Crippen LogP contribution in [0.4, 0.5) is 54.0 Å². The first kappa shape index (κ1) is 19.6. The molecule has 2 aromatic rings. The zero-order chi connectivity index (χ0) is 20.1. The van der Waals surface area contributed by atoms with Crippen LogP contribution in [0.15, 0.2) is 0 Å². The van der Waals surface area contributed by atoms with Gasteiger partial charge in [0.2, 0.25) is 34.8 Å². The Bertz CT molecular complexity index is 848. The summed E-state index contributed by atoms with van der Waals surface area (Å²) in [6.45, 7) is 0. The lowest BCUT2D eigenvalue weighted by Crippen LogP contribution is -2.16. The summed E-state index contributed by atoms with van der Waals surface area (Å²) in [6.07, 6.45) is -5.88. The number of hydrogen-bond donors (Lipinski definition) is 1. The minimum absolute atomic E-state index is 1.70. The van der Waals surface area contributed by atoms with Gasteiger partial charge < -0.3 is 10.5 Å². The molecule has 0 aromatic heterocycles. The average Bonchev–Trinajstić information content (AvgIpc) is 2.55. The van der Waals surface area contributed by atoms with E-state index in [1.54, 1.807) is 0 Å². The molecule has 0 spiro atoms. The third kappa shape index (κ3) is 2.86. The third-order valence-electron chi connectivity index (χ3n) is 2.97. The first-order valence-electron chi connectivity index (χ1n) is 6.03. The Morgan fingerprint density at radius 2 is 0.846 bits per heavy atom. The molecule has 0 bridgehead atoms. The van der Waals surface area contributed by atoms with Crippen LogP contribution in [0.5, 0.6) is 11.5 Å². The maximum Gasteiger partial charge on any atom is 0.422 e. The molecule has 0 heterocycles. The first-order valence-corrected chi connectivity index (χ1v) is 6.03. The number of anilines is 1. The smallest absolute Gasteiger partial charge is 0.422 e. The molecule has 26 heavy (non-hydrogen) atoms. The normalized spacial score (nSPS) is 11.8. The molecule has 142 valence electrons. The van der Waals surface area contributed by atoms with Gasteiger partial charge in [-0.15, -0.1) is 0 Å². The van der Waals surface area contributed by atoms with Gasteiger partial charge in [-0.25, -0.2) is 17.6 Å². The van der Waals surface area contributed by atoms with E-state index in [0.29, 0.717) is 0 Å². The molecule has 2 aromatic carbocycles. The van der Waals surface area contributed by atoms with E-state index >= 15 is 0 Å². The maximum absolute atomic E-state index is 13.6. The molecule has 0 aliphatic carbocycles. The predicted molar refractivity (Wildman–Crippen MR) is 62.0 cm³/mol. The highest BCUT2D eigenvalue weighted by atomic mass is 19.4. The van der Waals surface area contributed by atoms with Crippen LogP contribution in [0.2, 0.25) is 0 Å². The van der Waals surface area contributed by atoms with Crippen molar-refractivity contribution >= 4 is 5.69 Å². The quantitative estimate of drug-likeness (QED) is 0.430. The number of hydrogen-bond acceptors (Lipinski definition) is 2. The van der Waals surface area contributed by atoms with Crippen molar-refractivity contribution in [3.63, 3.8) is 0 Å². The largest absolute Gasteiger partial charge is 0.444 e. The number of halogens is 11. The predicted octanol–water partition coefficient (Wildman–Crippen LogP) is 5.19. The summed E-state index contributed by atoms with van der Waals surface area (Å²) >= 11 is 0. The van der Waals surface area contributed by atoms with E-state index in [2.05, 4.69) is 10.5 Å². The molecule has 13 heteroatoms. The van der Waals surface area contributed by atoms with Gasteiger partial charge in [0, 0.05) is 0 Å². The van der Waals surface area contributed by atoms with Gasteiger partial charge in [-0.1, -0.05) is 0 Å². The lowest BCUT2D eigenvalue weighted by Gasteiger charge is -2.15. The van der Waals surface area contributed by atoms with Crippen molar-refractivity contribution < 1.29 is 53.0 Å². The van der Waals surface area contributed by atoms with Gasteiger partial charge in [0.1, 0.15) is 11.3 Å². The van der Waals surface area contributed by atoms with Crippen molar-refractivity contribution in [2.24, 2.45) is 0 Å². The van der Waals surface area contributed by atoms with E-state index in [4.69, 9.17) is 0 Å². The Morgan fingerprint density at radius 3 is 1.15 bits per heavy atom. The van der Waals surface area contributed by atoms with Gasteiger partial charge in [-0.05, 0) is 0 Å². The Labute approximate surface area is 135 Å². The Hall–Kier alpha value is -2.73. The highest BCUT2D eigenvalue weighted by Gasteiger charge is 2.43. The maximum atomic E-state index is 13.6. The molecule has 0 amide bonds. The van der Waals surface area contributed by atoms with E-state index in [1.165, 1.54) is 0 Å². The Morgan fingerprint density at radius 1 is 0.538 bits per heavy atom. The van der Waals surface area contributed by atoms with Crippen molar-refractivity contribution in [3.8, 4) is 11.5 Å². The minimum Gasteiger partial charge on any atom is -0.444 e. The summed E-state index contributed by atoms with van der Waals surface area (Å²) in [7, 11) is 0. The Balaban J connectivity index is 2.75. The fourth-order valence-electron chi connectivity index (χ4n) is 1.77. The molecule has 0 fully saturated rings. The van der Waals surface area contributed by atoms with E-state index in [1.807, 2.05) is 0 Å². The lowest BCUT2D eigenvalue weighted by molar-refractivity contribution is -0.143. The molecule has 0 atom stereocenters. The second-order valence-corrected chi connectivity index (χ2v) is 4.56. The van der Waals surface area contributed by atoms with Gasteiger partial charge in [-0.3, -0.25) is 0 Å². The number of nitrogen functional groups attached to an aromatic ring is 1. The lowest BCUT2D eigenvalue weighted by atomic mass is 10.1. The topological polar surface area (TPSA) is 35.2 Å². The monoisotopic (exact) mass is 397 g/mol. The fraction of sp³-hybridized carbons (Fsp3) is 0.0769. The molecule has 2 nitrogen and oxygen atoms in total. The summed E-state index contributed by atoms with van der Waals surface area (Å²) in [5, 5.41) is 0. The minimum atomic E-state index is -5.88. The Kier molecular flexibility index (Phi) is 4.68. The van der Waals surface area contributed by atoms with Crippen LogP contribution >= 0.6 is 0 Å². The fourth-order valence-corrected chi connectivity index (χ4v) is 1.77. The van der Waals surface area contributed by atoms with Crippen LogP contribution in [0.25, 0.3) is 0 Å². The zero-order valence-corrected chi connectivity index (χ0v) is 11.6. The van der Waals surface area contributed by atoms with Crippen molar-refractivity contribution in [2.75, 3.05) is 5.73 Å². The van der Waals surface area contributed by atoms with Crippen LogP contribution in [-0.4, -0.2) is 0 Å². The average molecular weight is 397 g/mol. The molecular weight excluding hydrogens is 395 g/mol. The van der Waals surface area contributed by atoms with Crippen molar-refractivity contribution in [1.29, 1.82) is 0 Å². The van der Waals surface area contributed by atoms with Gasteiger partial charge in [0.15, 0.2) is 23.3 Å². The van der Waals surface area contributed by atoms with Gasteiger partial charge >= 0.3 is 6.18 Å². The summed E-state index contributed by atoms with van der Waals surface area (Å²) in [5.41, 5.74) is -0.0437. The number of alkyl halides is 3. The number of ether oxygens (including phenoxy) is 1. The van der Waals surface area contributed by atoms with Crippen LogP contribution in [0.3, 0.4) is 0 Å². The molecule has 0 saturated carbocycles. The summed E-state index contributed by atoms with van der Waals surface area (Å²) in [4.78, 5) is 0. The standard InChI is InChI=1S/C13H2F11NO/c14-2-1(13(22,23)24)3(15)7(19)11(6(2)18)26-12-8(20)4(16)10(25)5(17)9(12)21/h25H2. The zero-order valence-electron chi connectivity index (χ0n) is 11.6. The first-order chi connectivity index (χ1) is 11.8. The highest BCUT2D eigenvalue weighted by molar-refractivity contribution is 5.49. The van der Waals surface area contributed by atoms with Crippen LogP contribution in [-0.2, 0) is 6.18 Å². The second-order valence-electron chi connectivity index (χ2n) is 4.56. The molecule has 0 radical (unpaired) electrons. The van der Waals surface area contributed by atoms with Crippen LogP contribution < -0.4 is 10.5 Å². The van der Waals surface area contributed by atoms with Crippen molar-refractivity contribution in [2.45, 2.75) is 6.18 Å². The van der Waals surface area contributed by atoms with E-state index in [-0.39, 0.29) is 0 Å². The number of nitrogens with two attached hydrogens (primary N) is 1. The molecule has 2 N–H and O–H groups in total. The number of benzene rings is 2. The summed E-state index contributed by atoms with van der Waals surface area (Å²) in [6, 6.07) is 0. The van der Waals surface area contributed by atoms with E-state index < -0.39 is 75.5 Å². The van der Waals surface area contributed by atoms with Gasteiger partial charge in [-0.2, -0.15) is 30.7 Å². The second kappa shape index (κ2) is 6.21. The van der Waals surface area contributed by atoms with Crippen molar-refractivity contribution in [3.05, 3.63) is 52.1 Å². The molecule has 0 unspecified atom stereocenters. The van der Waals surface area contributed by atoms with Gasteiger partial charge in [0.25, 0.3) is 0 Å². The molecule has 0 aliphatic rings. The van der Waals surface area contributed by atoms with Gasteiger partial charge in [0.05, 0.1) is 0 Å². The SMILES string of the molecule is Nc1c(F)c(F)c(Oc2c(F)c(F)c(C(F)(F)F)c(F)c2F)c(F)c1F. The third-order valence-corrected chi connectivity index (χ3v) is 2.97. The molecular formula is C13H2F11NO. The molecule has 0 aliphatic heterocycles. The molecule has 0 saturated heterocycles.